The van der Waals surface area contributed by atoms with Crippen molar-refractivity contribution in [3.8, 4) is 0 Å². The maximum atomic E-state index is 10.6. The molecule has 13 heavy (non-hydrogen) atoms. The van der Waals surface area contributed by atoms with E-state index in [2.05, 4.69) is 15.9 Å². The lowest BCUT2D eigenvalue weighted by Crippen LogP contribution is -1.95. The van der Waals surface area contributed by atoms with E-state index in [-0.39, 0.29) is 10.6 Å². The second-order valence-corrected chi connectivity index (χ2v) is 3.74. The van der Waals surface area contributed by atoms with Crippen LogP contribution in [0.15, 0.2) is 16.6 Å². The van der Waals surface area contributed by atoms with Crippen LogP contribution in [0.4, 0.5) is 5.69 Å². The molecule has 4 heteroatoms. The Bertz CT molecular complexity index is 350. The molecule has 1 rings (SSSR count). The minimum Gasteiger partial charge on any atom is -0.258 e. The lowest BCUT2D eigenvalue weighted by Gasteiger charge is -2.04. The van der Waals surface area contributed by atoms with Crippen molar-refractivity contribution in [3.05, 3.63) is 37.8 Å². The summed E-state index contributed by atoms with van der Waals surface area (Å²) in [6.45, 7) is 3.77. The SMILES string of the molecule is CCc1cc(Br)cc([N+](=O)[O-])c1C. The van der Waals surface area contributed by atoms with Crippen molar-refractivity contribution < 1.29 is 4.92 Å². The summed E-state index contributed by atoms with van der Waals surface area (Å²) >= 11 is 3.25. The quantitative estimate of drug-likeness (QED) is 0.592. The van der Waals surface area contributed by atoms with E-state index in [1.54, 1.807) is 6.92 Å². The van der Waals surface area contributed by atoms with Crippen LogP contribution in [0, 0.1) is 17.0 Å². The first-order valence-corrected chi connectivity index (χ1v) is 4.79. The number of aryl methyl sites for hydroxylation is 1. The van der Waals surface area contributed by atoms with Gasteiger partial charge in [-0.05, 0) is 25.0 Å². The van der Waals surface area contributed by atoms with E-state index in [1.165, 1.54) is 6.07 Å². The van der Waals surface area contributed by atoms with E-state index in [1.807, 2.05) is 13.0 Å². The van der Waals surface area contributed by atoms with Gasteiger partial charge in [0.05, 0.1) is 4.92 Å². The molecule has 0 aliphatic carbocycles. The lowest BCUT2D eigenvalue weighted by atomic mass is 10.1. The zero-order chi connectivity index (χ0) is 10.0. The van der Waals surface area contributed by atoms with Crippen LogP contribution in [-0.2, 0) is 6.42 Å². The summed E-state index contributed by atoms with van der Waals surface area (Å²) in [5.74, 6) is 0. The van der Waals surface area contributed by atoms with Crippen LogP contribution in [0.2, 0.25) is 0 Å². The van der Waals surface area contributed by atoms with Gasteiger partial charge in [0, 0.05) is 16.1 Å². The third kappa shape index (κ3) is 2.06. The van der Waals surface area contributed by atoms with Crippen LogP contribution in [0.1, 0.15) is 18.1 Å². The molecule has 0 atom stereocenters. The van der Waals surface area contributed by atoms with Gasteiger partial charge in [-0.15, -0.1) is 0 Å². The fourth-order valence-corrected chi connectivity index (χ4v) is 1.77. The molecule has 0 aromatic heterocycles. The first-order valence-electron chi connectivity index (χ1n) is 3.99. The molecule has 0 aliphatic rings. The van der Waals surface area contributed by atoms with Crippen molar-refractivity contribution in [2.75, 3.05) is 0 Å². The Morgan fingerprint density at radius 1 is 1.54 bits per heavy atom. The van der Waals surface area contributed by atoms with Crippen molar-refractivity contribution in [2.24, 2.45) is 0 Å². The molecule has 0 fully saturated rings. The molecule has 3 nitrogen and oxygen atoms in total. The Morgan fingerprint density at radius 3 is 2.62 bits per heavy atom. The maximum absolute atomic E-state index is 10.6. The van der Waals surface area contributed by atoms with Gasteiger partial charge in [0.2, 0.25) is 0 Å². The molecule has 0 N–H and O–H groups in total. The van der Waals surface area contributed by atoms with Gasteiger partial charge in [-0.25, -0.2) is 0 Å². The zero-order valence-corrected chi connectivity index (χ0v) is 9.09. The van der Waals surface area contributed by atoms with Gasteiger partial charge >= 0.3 is 0 Å². The molecule has 1 aromatic carbocycles. The van der Waals surface area contributed by atoms with Gasteiger partial charge in [-0.2, -0.15) is 0 Å². The van der Waals surface area contributed by atoms with Crippen molar-refractivity contribution in [2.45, 2.75) is 20.3 Å². The largest absolute Gasteiger partial charge is 0.273 e. The third-order valence-electron chi connectivity index (χ3n) is 2.03. The summed E-state index contributed by atoms with van der Waals surface area (Å²) in [7, 11) is 0. The molecule has 0 saturated carbocycles. The van der Waals surface area contributed by atoms with E-state index >= 15 is 0 Å². The number of nitrogens with zero attached hydrogens (tertiary/aromatic N) is 1. The molecule has 0 unspecified atom stereocenters. The van der Waals surface area contributed by atoms with Crippen molar-refractivity contribution >= 4 is 21.6 Å². The fraction of sp³-hybridized carbons (Fsp3) is 0.333. The number of rotatable bonds is 2. The number of hydrogen-bond donors (Lipinski definition) is 0. The molecule has 0 heterocycles. The van der Waals surface area contributed by atoms with Crippen LogP contribution in [0.5, 0.6) is 0 Å². The molecule has 0 spiro atoms. The molecule has 0 aliphatic heterocycles. The molecule has 0 bridgehead atoms. The molecule has 0 saturated heterocycles. The average molecular weight is 244 g/mol. The predicted molar refractivity (Wildman–Crippen MR) is 54.9 cm³/mol. The van der Waals surface area contributed by atoms with Gasteiger partial charge in [0.15, 0.2) is 0 Å². The Hall–Kier alpha value is -0.900. The minimum atomic E-state index is -0.348. The molecule has 1 aromatic rings. The first-order chi connectivity index (χ1) is 6.06. The van der Waals surface area contributed by atoms with Crippen LogP contribution in [0.3, 0.4) is 0 Å². The summed E-state index contributed by atoms with van der Waals surface area (Å²) in [4.78, 5) is 10.3. The van der Waals surface area contributed by atoms with E-state index < -0.39 is 0 Å². The Morgan fingerprint density at radius 2 is 2.15 bits per heavy atom. The fourth-order valence-electron chi connectivity index (χ4n) is 1.28. The molecule has 0 amide bonds. The highest BCUT2D eigenvalue weighted by Crippen LogP contribution is 2.26. The molecule has 70 valence electrons. The predicted octanol–water partition coefficient (Wildman–Crippen LogP) is 3.23. The van der Waals surface area contributed by atoms with Gasteiger partial charge in [0.1, 0.15) is 0 Å². The van der Waals surface area contributed by atoms with E-state index in [9.17, 15) is 10.1 Å². The van der Waals surface area contributed by atoms with E-state index in [0.717, 1.165) is 22.0 Å². The van der Waals surface area contributed by atoms with E-state index in [0.29, 0.717) is 0 Å². The monoisotopic (exact) mass is 243 g/mol. The average Bonchev–Trinajstić information content (AvgIpc) is 2.08. The van der Waals surface area contributed by atoms with Gasteiger partial charge in [-0.3, -0.25) is 10.1 Å². The highest BCUT2D eigenvalue weighted by molar-refractivity contribution is 9.10. The van der Waals surface area contributed by atoms with Crippen LogP contribution in [-0.4, -0.2) is 4.92 Å². The second kappa shape index (κ2) is 3.87. The number of nitro benzene ring substituents is 1. The maximum Gasteiger partial charge on any atom is 0.273 e. The summed E-state index contributed by atoms with van der Waals surface area (Å²) < 4.78 is 0.765. The van der Waals surface area contributed by atoms with E-state index in [4.69, 9.17) is 0 Å². The Labute approximate surface area is 85.0 Å². The van der Waals surface area contributed by atoms with Crippen molar-refractivity contribution in [3.63, 3.8) is 0 Å². The summed E-state index contributed by atoms with van der Waals surface area (Å²) in [6.07, 6.45) is 0.812. The first kappa shape index (κ1) is 10.2. The normalized spacial score (nSPS) is 10.1. The third-order valence-corrected chi connectivity index (χ3v) is 2.49. The zero-order valence-electron chi connectivity index (χ0n) is 7.50. The van der Waals surface area contributed by atoms with Crippen molar-refractivity contribution in [1.82, 2.24) is 0 Å². The van der Waals surface area contributed by atoms with Crippen LogP contribution >= 0.6 is 15.9 Å². The number of halogens is 1. The topological polar surface area (TPSA) is 43.1 Å². The number of hydrogen-bond acceptors (Lipinski definition) is 2. The molecular weight excluding hydrogens is 234 g/mol. The smallest absolute Gasteiger partial charge is 0.258 e. The number of nitro groups is 1. The lowest BCUT2D eigenvalue weighted by molar-refractivity contribution is -0.385. The number of benzene rings is 1. The van der Waals surface area contributed by atoms with Crippen molar-refractivity contribution in [1.29, 1.82) is 0 Å². The van der Waals surface area contributed by atoms with Gasteiger partial charge in [-0.1, -0.05) is 22.9 Å². The van der Waals surface area contributed by atoms with Crippen LogP contribution < -0.4 is 0 Å². The minimum absolute atomic E-state index is 0.186. The summed E-state index contributed by atoms with van der Waals surface area (Å²) in [5, 5.41) is 10.6. The Balaban J connectivity index is 3.35. The van der Waals surface area contributed by atoms with Gasteiger partial charge in [0.25, 0.3) is 5.69 Å². The molecular formula is C9H10BrNO2. The summed E-state index contributed by atoms with van der Waals surface area (Å²) in [5.41, 5.74) is 1.96. The summed E-state index contributed by atoms with van der Waals surface area (Å²) in [6, 6.07) is 3.46. The second-order valence-electron chi connectivity index (χ2n) is 2.82. The highest BCUT2D eigenvalue weighted by Gasteiger charge is 2.13. The Kier molecular flexibility index (Phi) is 3.03. The molecule has 0 radical (unpaired) electrons. The van der Waals surface area contributed by atoms with Crippen LogP contribution in [0.25, 0.3) is 0 Å². The van der Waals surface area contributed by atoms with Gasteiger partial charge < -0.3 is 0 Å². The standard InChI is InChI=1S/C9H10BrNO2/c1-3-7-4-8(10)5-9(6(7)2)11(12)13/h4-5H,3H2,1-2H3. The highest BCUT2D eigenvalue weighted by atomic mass is 79.9.